The average Bonchev–Trinajstić information content (AvgIpc) is 3.78. The Labute approximate surface area is 399 Å². The van der Waals surface area contributed by atoms with Crippen molar-refractivity contribution in [1.29, 1.82) is 0 Å². The lowest BCUT2D eigenvalue weighted by molar-refractivity contribution is -0.384. The molecule has 2 aromatic heterocycles. The van der Waals surface area contributed by atoms with Crippen molar-refractivity contribution >= 4 is 44.0 Å². The van der Waals surface area contributed by atoms with Crippen LogP contribution in [0.3, 0.4) is 0 Å². The molecular weight excluding hydrogens is 881 g/mol. The molecule has 15 nitrogen and oxygen atoms in total. The highest BCUT2D eigenvalue weighted by Crippen LogP contribution is 2.53. The molecular formula is C52H66N8O7S. The van der Waals surface area contributed by atoms with Crippen molar-refractivity contribution in [2.75, 3.05) is 49.5 Å². The number of H-pyrrole nitrogens is 1. The number of piperidine rings is 1. The number of sulfonamides is 1. The highest BCUT2D eigenvalue weighted by atomic mass is 32.2. The molecule has 2 saturated heterocycles. The van der Waals surface area contributed by atoms with Crippen molar-refractivity contribution in [2.45, 2.75) is 121 Å². The van der Waals surface area contributed by atoms with Crippen LogP contribution in [0.4, 0.5) is 17.1 Å². The van der Waals surface area contributed by atoms with Crippen molar-refractivity contribution in [3.8, 4) is 11.5 Å². The van der Waals surface area contributed by atoms with Crippen LogP contribution in [-0.4, -0.2) is 101 Å². The molecule has 1 atom stereocenters. The van der Waals surface area contributed by atoms with Crippen LogP contribution < -0.4 is 19.7 Å². The number of ether oxygens (including phenoxy) is 1. The maximum absolute atomic E-state index is 14.0. The Hall–Kier alpha value is -5.55. The van der Waals surface area contributed by atoms with E-state index in [1.54, 1.807) is 30.6 Å². The largest absolute Gasteiger partial charge is 0.455 e. The first-order valence-electron chi connectivity index (χ1n) is 24.4. The number of nitrogens with one attached hydrogen (secondary N) is 3. The molecule has 2 aliphatic carbocycles. The zero-order chi connectivity index (χ0) is 48.0. The lowest BCUT2D eigenvalue weighted by Crippen LogP contribution is -2.60. The summed E-state index contributed by atoms with van der Waals surface area (Å²) in [6, 6.07) is 22.8. The molecule has 4 N–H and O–H groups in total. The molecule has 2 saturated carbocycles. The molecule has 1 unspecified atom stereocenters. The molecule has 1 spiro atoms. The summed E-state index contributed by atoms with van der Waals surface area (Å²) in [5, 5.41) is 26.4. The molecule has 3 aromatic carbocycles. The monoisotopic (exact) mass is 946 g/mol. The molecule has 16 heteroatoms. The fraction of sp³-hybridized carbons (Fsp3) is 0.500. The number of nitro groups is 1. The highest BCUT2D eigenvalue weighted by Gasteiger charge is 2.50. The zero-order valence-electron chi connectivity index (χ0n) is 39.9. The van der Waals surface area contributed by atoms with Gasteiger partial charge in [0.2, 0.25) is 0 Å². The number of nitro benzene ring substituents is 1. The number of nitrogens with zero attached hydrogens (tertiary/aromatic N) is 5. The zero-order valence-corrected chi connectivity index (χ0v) is 40.7. The first-order chi connectivity index (χ1) is 32.5. The molecule has 9 rings (SSSR count). The average molecular weight is 947 g/mol. The Morgan fingerprint density at radius 3 is 2.44 bits per heavy atom. The number of pyridine rings is 1. The predicted octanol–water partition coefficient (Wildman–Crippen LogP) is 9.37. The van der Waals surface area contributed by atoms with Crippen molar-refractivity contribution in [3.63, 3.8) is 0 Å². The van der Waals surface area contributed by atoms with Crippen LogP contribution in [0.15, 0.2) is 90.1 Å². The van der Waals surface area contributed by atoms with E-state index in [1.165, 1.54) is 36.1 Å². The number of aliphatic hydroxyl groups is 1. The second-order valence-electron chi connectivity index (χ2n) is 20.7. The van der Waals surface area contributed by atoms with Gasteiger partial charge in [0.1, 0.15) is 22.8 Å². The number of rotatable bonds is 14. The van der Waals surface area contributed by atoms with Crippen molar-refractivity contribution < 1.29 is 28.0 Å². The van der Waals surface area contributed by atoms with Gasteiger partial charge in [-0.2, -0.15) is 0 Å². The normalized spacial score (nSPS) is 22.7. The Morgan fingerprint density at radius 2 is 1.72 bits per heavy atom. The number of amides is 1. The minimum absolute atomic E-state index is 0.0211. The molecule has 4 fully saturated rings. The Kier molecular flexibility index (Phi) is 13.3. The molecule has 0 bridgehead atoms. The summed E-state index contributed by atoms with van der Waals surface area (Å²) in [5.74, 6) is 0.236. The standard InChI is InChI=1S/C52H66N8O7S/c1-34(2)42-8-6-7-9-43(42)47-33-58(35(3)4)24-25-59(47)39-29-52(30-39)19-22-57(23-20-52)38-10-12-44(48(27-38)67-40-26-37-16-21-53-49(37)55-32-40)50(61)56-68(65,66)41-11-13-45(46(28-41)60(63)64)54-31-36-14-17-51(5,62)18-15-36/h6-13,16,21,26-28,32,34-36,39,47,54,62H,14-15,17-20,22-25,29-31,33H2,1-5H3,(H,53,55)(H,56,61)/t36-,47?,51-. The Bertz CT molecular complexity index is 2750. The lowest BCUT2D eigenvalue weighted by Gasteiger charge is -2.58. The van der Waals surface area contributed by atoms with Gasteiger partial charge in [-0.05, 0) is 137 Å². The fourth-order valence-electron chi connectivity index (χ4n) is 11.2. The van der Waals surface area contributed by atoms with E-state index in [0.717, 1.165) is 75.5 Å². The fourth-order valence-corrected chi connectivity index (χ4v) is 12.2. The smallest absolute Gasteiger partial charge is 0.293 e. The maximum Gasteiger partial charge on any atom is 0.293 e. The van der Waals surface area contributed by atoms with E-state index in [-0.39, 0.29) is 28.3 Å². The number of anilines is 2. The molecule has 0 radical (unpaired) electrons. The minimum Gasteiger partial charge on any atom is -0.455 e. The van der Waals surface area contributed by atoms with E-state index < -0.39 is 37.0 Å². The summed E-state index contributed by atoms with van der Waals surface area (Å²) in [6.45, 7) is 16.3. The van der Waals surface area contributed by atoms with Crippen LogP contribution in [0.25, 0.3) is 11.0 Å². The van der Waals surface area contributed by atoms with Gasteiger partial charge in [0.25, 0.3) is 21.6 Å². The molecule has 2 aliphatic heterocycles. The Balaban J connectivity index is 0.900. The second-order valence-corrected chi connectivity index (χ2v) is 22.4. The molecule has 1 amide bonds. The van der Waals surface area contributed by atoms with Gasteiger partial charge in [-0.25, -0.2) is 18.1 Å². The topological polar surface area (TPSA) is 186 Å². The van der Waals surface area contributed by atoms with Gasteiger partial charge in [-0.3, -0.25) is 24.7 Å². The highest BCUT2D eigenvalue weighted by molar-refractivity contribution is 7.90. The second kappa shape index (κ2) is 19.1. The molecule has 4 heterocycles. The summed E-state index contributed by atoms with van der Waals surface area (Å²) in [7, 11) is -4.57. The van der Waals surface area contributed by atoms with Crippen LogP contribution >= 0.6 is 0 Å². The number of carbonyl (C=O) groups excluding carboxylic acids is 1. The first-order valence-corrected chi connectivity index (χ1v) is 25.9. The van der Waals surface area contributed by atoms with E-state index in [2.05, 4.69) is 86.7 Å². The summed E-state index contributed by atoms with van der Waals surface area (Å²) in [5.41, 5.74) is 3.72. The first kappa shape index (κ1) is 47.5. The van der Waals surface area contributed by atoms with Gasteiger partial charge in [-0.15, -0.1) is 0 Å². The van der Waals surface area contributed by atoms with E-state index in [0.29, 0.717) is 54.8 Å². The van der Waals surface area contributed by atoms with Crippen LogP contribution in [0.2, 0.25) is 0 Å². The minimum atomic E-state index is -4.57. The van der Waals surface area contributed by atoms with Crippen LogP contribution in [0.1, 0.15) is 119 Å². The van der Waals surface area contributed by atoms with Crippen molar-refractivity contribution in [1.82, 2.24) is 24.5 Å². The Morgan fingerprint density at radius 1 is 0.971 bits per heavy atom. The van der Waals surface area contributed by atoms with Gasteiger partial charge in [0.05, 0.1) is 27.2 Å². The van der Waals surface area contributed by atoms with Gasteiger partial charge in [0, 0.05) is 86.8 Å². The third-order valence-corrected chi connectivity index (χ3v) is 16.8. The number of hydrogen-bond acceptors (Lipinski definition) is 12. The summed E-state index contributed by atoms with van der Waals surface area (Å²) in [6.07, 6.45) is 10.5. The maximum atomic E-state index is 14.0. The van der Waals surface area contributed by atoms with E-state index >= 15 is 0 Å². The van der Waals surface area contributed by atoms with E-state index in [1.807, 2.05) is 19.1 Å². The van der Waals surface area contributed by atoms with Crippen LogP contribution in [0, 0.1) is 21.4 Å². The van der Waals surface area contributed by atoms with Gasteiger partial charge in [-0.1, -0.05) is 38.1 Å². The number of aromatic amines is 1. The van der Waals surface area contributed by atoms with E-state index in [4.69, 9.17) is 4.74 Å². The third kappa shape index (κ3) is 10.1. The summed E-state index contributed by atoms with van der Waals surface area (Å²) < 4.78 is 36.1. The third-order valence-electron chi connectivity index (χ3n) is 15.4. The quantitative estimate of drug-likeness (QED) is 0.0612. The summed E-state index contributed by atoms with van der Waals surface area (Å²) >= 11 is 0. The molecule has 68 heavy (non-hydrogen) atoms. The van der Waals surface area contributed by atoms with Gasteiger partial charge < -0.3 is 25.0 Å². The molecule has 362 valence electrons. The SMILES string of the molecule is CC(C)c1ccccc1C1CN(C(C)C)CCN1C1CC2(CCN(c3ccc(C(=O)NS(=O)(=O)c4ccc(NC[C@H]5CC[C@](C)(O)CC5)c([N+](=O)[O-])c4)c(Oc4cnc5[nH]ccc5c4)c3)CC2)C1. The number of piperazine rings is 1. The number of aromatic nitrogens is 2. The summed E-state index contributed by atoms with van der Waals surface area (Å²) in [4.78, 5) is 40.5. The number of fused-ring (bicyclic) bond motifs is 1. The van der Waals surface area contributed by atoms with Gasteiger partial charge >= 0.3 is 0 Å². The number of hydrogen-bond donors (Lipinski definition) is 4. The number of benzene rings is 3. The van der Waals surface area contributed by atoms with Crippen molar-refractivity contribution in [2.24, 2.45) is 11.3 Å². The van der Waals surface area contributed by atoms with E-state index in [9.17, 15) is 28.4 Å². The lowest BCUT2D eigenvalue weighted by atomic mass is 9.59. The molecule has 4 aliphatic rings. The van der Waals surface area contributed by atoms with Crippen LogP contribution in [0.5, 0.6) is 11.5 Å². The van der Waals surface area contributed by atoms with Crippen molar-refractivity contribution in [3.05, 3.63) is 112 Å². The molecule has 5 aromatic rings. The van der Waals surface area contributed by atoms with Crippen LogP contribution in [-0.2, 0) is 10.0 Å². The number of carbonyl (C=O) groups is 1. The van der Waals surface area contributed by atoms with Gasteiger partial charge in [0.15, 0.2) is 0 Å². The predicted molar refractivity (Wildman–Crippen MR) is 265 cm³/mol.